The second kappa shape index (κ2) is 11.1. The molecule has 0 saturated carbocycles. The third-order valence-electron chi connectivity index (χ3n) is 9.41. The van der Waals surface area contributed by atoms with Crippen LogP contribution in [0.4, 0.5) is 0 Å². The molecule has 8 rings (SSSR count). The zero-order valence-corrected chi connectivity index (χ0v) is 26.7. The molecule has 0 bridgehead atoms. The normalized spacial score (nSPS) is 11.5. The summed E-state index contributed by atoms with van der Waals surface area (Å²) in [5.74, 6) is 0. The van der Waals surface area contributed by atoms with E-state index in [-0.39, 0.29) is 0 Å². The Kier molecular flexibility index (Phi) is 6.76. The van der Waals surface area contributed by atoms with Crippen molar-refractivity contribution in [3.63, 3.8) is 0 Å². The van der Waals surface area contributed by atoms with Gasteiger partial charge in [-0.05, 0) is 123 Å². The lowest BCUT2D eigenvalue weighted by Gasteiger charge is -2.20. The van der Waals surface area contributed by atoms with Gasteiger partial charge in [0.05, 0.1) is 5.69 Å². The van der Waals surface area contributed by atoms with Crippen LogP contribution in [0, 0.1) is 27.7 Å². The molecule has 7 aromatic carbocycles. The number of aromatic nitrogens is 1. The van der Waals surface area contributed by atoms with Gasteiger partial charge >= 0.3 is 0 Å². The number of hydrogen-bond donors (Lipinski definition) is 0. The highest BCUT2D eigenvalue weighted by Gasteiger charge is 2.20. The van der Waals surface area contributed by atoms with Crippen molar-refractivity contribution in [2.45, 2.75) is 27.7 Å². The molecule has 0 spiro atoms. The van der Waals surface area contributed by atoms with Crippen LogP contribution in [0.15, 0.2) is 140 Å². The second-order valence-corrected chi connectivity index (χ2v) is 12.6. The highest BCUT2D eigenvalue weighted by Crippen LogP contribution is 2.47. The first-order valence-electron chi connectivity index (χ1n) is 16.1. The van der Waals surface area contributed by atoms with E-state index in [0.29, 0.717) is 0 Å². The Morgan fingerprint density at radius 2 is 0.848 bits per heavy atom. The van der Waals surface area contributed by atoms with Crippen molar-refractivity contribution in [2.24, 2.45) is 0 Å². The van der Waals surface area contributed by atoms with Crippen LogP contribution >= 0.6 is 0 Å². The summed E-state index contributed by atoms with van der Waals surface area (Å²) in [6.07, 6.45) is 0. The van der Waals surface area contributed by atoms with E-state index in [1.807, 2.05) is 13.0 Å². The molecule has 8 aromatic rings. The maximum absolute atomic E-state index is 4.83. The molecular formula is C45H35N. The summed E-state index contributed by atoms with van der Waals surface area (Å²) >= 11 is 0. The Morgan fingerprint density at radius 1 is 0.370 bits per heavy atom. The lowest BCUT2D eigenvalue weighted by molar-refractivity contribution is 1.21. The molecule has 1 heteroatoms. The first-order chi connectivity index (χ1) is 22.5. The molecular weight excluding hydrogens is 555 g/mol. The second-order valence-electron chi connectivity index (χ2n) is 12.6. The number of fused-ring (bicyclic) bond motifs is 3. The van der Waals surface area contributed by atoms with E-state index >= 15 is 0 Å². The minimum Gasteiger partial charge on any atom is -0.253 e. The van der Waals surface area contributed by atoms with Crippen LogP contribution in [0.2, 0.25) is 0 Å². The molecule has 1 heterocycles. The molecule has 0 amide bonds. The number of rotatable bonds is 4. The summed E-state index contributed by atoms with van der Waals surface area (Å²) < 4.78 is 0. The van der Waals surface area contributed by atoms with Gasteiger partial charge in [0.25, 0.3) is 0 Å². The average Bonchev–Trinajstić information content (AvgIpc) is 3.07. The summed E-state index contributed by atoms with van der Waals surface area (Å²) in [5, 5.41) is 7.58. The Hall–Kier alpha value is -5.53. The first-order valence-corrected chi connectivity index (χ1v) is 16.1. The van der Waals surface area contributed by atoms with Crippen molar-refractivity contribution in [1.29, 1.82) is 0 Å². The number of benzene rings is 7. The lowest BCUT2D eigenvalue weighted by atomic mass is 9.83. The van der Waals surface area contributed by atoms with Gasteiger partial charge in [-0.15, -0.1) is 0 Å². The van der Waals surface area contributed by atoms with E-state index in [1.165, 1.54) is 82.4 Å². The zero-order chi connectivity index (χ0) is 31.4. The van der Waals surface area contributed by atoms with Crippen LogP contribution in [0.1, 0.15) is 22.4 Å². The highest BCUT2D eigenvalue weighted by atomic mass is 14.7. The van der Waals surface area contributed by atoms with Crippen LogP contribution < -0.4 is 0 Å². The predicted molar refractivity (Wildman–Crippen MR) is 197 cm³/mol. The summed E-state index contributed by atoms with van der Waals surface area (Å²) in [4.78, 5) is 4.83. The van der Waals surface area contributed by atoms with Gasteiger partial charge in [0, 0.05) is 11.3 Å². The van der Waals surface area contributed by atoms with Crippen molar-refractivity contribution in [1.82, 2.24) is 4.98 Å². The Balaban J connectivity index is 1.42. The Morgan fingerprint density at radius 3 is 1.41 bits per heavy atom. The molecule has 0 saturated heterocycles. The van der Waals surface area contributed by atoms with E-state index in [2.05, 4.69) is 154 Å². The fourth-order valence-corrected chi connectivity index (χ4v) is 7.61. The fourth-order valence-electron chi connectivity index (χ4n) is 7.61. The topological polar surface area (TPSA) is 12.9 Å². The quantitative estimate of drug-likeness (QED) is 0.186. The molecule has 0 N–H and O–H groups in total. The van der Waals surface area contributed by atoms with Crippen LogP contribution in [-0.2, 0) is 0 Å². The minimum absolute atomic E-state index is 0.998. The molecule has 220 valence electrons. The summed E-state index contributed by atoms with van der Waals surface area (Å²) in [5.41, 5.74) is 14.7. The number of hydrogen-bond acceptors (Lipinski definition) is 1. The van der Waals surface area contributed by atoms with Crippen molar-refractivity contribution in [3.8, 4) is 44.6 Å². The molecule has 0 fully saturated rings. The summed E-state index contributed by atoms with van der Waals surface area (Å²) in [6.45, 7) is 8.70. The van der Waals surface area contributed by atoms with Gasteiger partial charge < -0.3 is 0 Å². The smallest absolute Gasteiger partial charge is 0.0705 e. The van der Waals surface area contributed by atoms with Gasteiger partial charge in [0.1, 0.15) is 0 Å². The highest BCUT2D eigenvalue weighted by molar-refractivity contribution is 6.24. The standard InChI is InChI=1S/C45H35N/c1-28-25-29(2)43(30(3)26-28)40-23-24-41(35-17-6-5-16-34(35)40)45-38-20-9-7-18-36(38)44(37-19-8-10-21-39(37)45)33-15-12-14-32(27-33)42-22-11-13-31(4)46-42/h5-27H,1-4H3. The van der Waals surface area contributed by atoms with Crippen molar-refractivity contribution in [3.05, 3.63) is 162 Å². The van der Waals surface area contributed by atoms with E-state index < -0.39 is 0 Å². The molecule has 0 unspecified atom stereocenters. The van der Waals surface area contributed by atoms with E-state index in [4.69, 9.17) is 4.98 Å². The fraction of sp³-hybridized carbons (Fsp3) is 0.0889. The predicted octanol–water partition coefficient (Wildman–Crippen LogP) is 12.4. The largest absolute Gasteiger partial charge is 0.253 e. The van der Waals surface area contributed by atoms with Crippen molar-refractivity contribution in [2.75, 3.05) is 0 Å². The van der Waals surface area contributed by atoms with Gasteiger partial charge in [0.15, 0.2) is 0 Å². The lowest BCUT2D eigenvalue weighted by Crippen LogP contribution is -1.94. The molecule has 0 aliphatic heterocycles. The summed E-state index contributed by atoms with van der Waals surface area (Å²) in [7, 11) is 0. The first kappa shape index (κ1) is 28.0. The minimum atomic E-state index is 0.998. The molecule has 1 aromatic heterocycles. The monoisotopic (exact) mass is 589 g/mol. The van der Waals surface area contributed by atoms with Gasteiger partial charge in [-0.2, -0.15) is 0 Å². The molecule has 0 atom stereocenters. The van der Waals surface area contributed by atoms with Gasteiger partial charge in [-0.25, -0.2) is 0 Å². The Bertz CT molecular complexity index is 2380. The van der Waals surface area contributed by atoms with E-state index in [9.17, 15) is 0 Å². The Labute approximate surface area is 270 Å². The van der Waals surface area contributed by atoms with E-state index in [1.54, 1.807) is 0 Å². The third-order valence-corrected chi connectivity index (χ3v) is 9.41. The van der Waals surface area contributed by atoms with Gasteiger partial charge in [-0.1, -0.05) is 127 Å². The van der Waals surface area contributed by atoms with Crippen LogP contribution in [0.25, 0.3) is 77.0 Å². The number of pyridine rings is 1. The van der Waals surface area contributed by atoms with Crippen molar-refractivity contribution >= 4 is 32.3 Å². The van der Waals surface area contributed by atoms with Crippen LogP contribution in [0.3, 0.4) is 0 Å². The maximum Gasteiger partial charge on any atom is 0.0705 e. The van der Waals surface area contributed by atoms with Crippen LogP contribution in [-0.4, -0.2) is 4.98 Å². The SMILES string of the molecule is Cc1cc(C)c(-c2ccc(-c3c4ccccc4c(-c4cccc(-c5cccc(C)n5)c4)c4ccccc34)c3ccccc23)c(C)c1. The molecule has 46 heavy (non-hydrogen) atoms. The average molecular weight is 590 g/mol. The number of aryl methyl sites for hydroxylation is 4. The third kappa shape index (κ3) is 4.59. The molecule has 1 nitrogen and oxygen atoms in total. The summed E-state index contributed by atoms with van der Waals surface area (Å²) in [6, 6.07) is 51.2. The zero-order valence-electron chi connectivity index (χ0n) is 26.7. The number of nitrogens with zero attached hydrogens (tertiary/aromatic N) is 1. The van der Waals surface area contributed by atoms with Crippen LogP contribution in [0.5, 0.6) is 0 Å². The molecule has 0 aliphatic carbocycles. The van der Waals surface area contributed by atoms with E-state index in [0.717, 1.165) is 17.0 Å². The van der Waals surface area contributed by atoms with Gasteiger partial charge in [0.2, 0.25) is 0 Å². The molecule has 0 aliphatic rings. The van der Waals surface area contributed by atoms with Crippen molar-refractivity contribution < 1.29 is 0 Å². The molecule has 0 radical (unpaired) electrons. The van der Waals surface area contributed by atoms with Gasteiger partial charge in [-0.3, -0.25) is 4.98 Å². The maximum atomic E-state index is 4.83.